The molecule has 1 atom stereocenters. The van der Waals surface area contributed by atoms with Crippen LogP contribution in [0.25, 0.3) is 0 Å². The van der Waals surface area contributed by atoms with Crippen LogP contribution in [-0.4, -0.2) is 39.3 Å². The van der Waals surface area contributed by atoms with Gasteiger partial charge in [0.1, 0.15) is 0 Å². The summed E-state index contributed by atoms with van der Waals surface area (Å²) in [7, 11) is 0. The molecule has 5 heteroatoms. The second-order valence-corrected chi connectivity index (χ2v) is 4.66. The van der Waals surface area contributed by atoms with Crippen LogP contribution in [0.5, 0.6) is 0 Å². The number of aliphatic hydroxyl groups is 1. The molecule has 1 aromatic heterocycles. The van der Waals surface area contributed by atoms with E-state index < -0.39 is 0 Å². The van der Waals surface area contributed by atoms with Crippen molar-refractivity contribution in [1.82, 2.24) is 15.0 Å². The van der Waals surface area contributed by atoms with Gasteiger partial charge < -0.3 is 9.63 Å². The zero-order chi connectivity index (χ0) is 12.1. The number of aliphatic hydroxyl groups excluding tert-OH is 1. The molecular formula is C12H21N3O2. The maximum Gasteiger partial charge on any atom is 0.240 e. The van der Waals surface area contributed by atoms with Crippen molar-refractivity contribution >= 4 is 0 Å². The van der Waals surface area contributed by atoms with Crippen molar-refractivity contribution in [2.75, 3.05) is 13.2 Å². The van der Waals surface area contributed by atoms with Crippen molar-refractivity contribution < 1.29 is 9.63 Å². The Hall–Kier alpha value is -0.940. The predicted molar refractivity (Wildman–Crippen MR) is 63.4 cm³/mol. The Labute approximate surface area is 102 Å². The van der Waals surface area contributed by atoms with E-state index in [4.69, 9.17) is 4.52 Å². The number of hydrogen-bond donors (Lipinski definition) is 1. The van der Waals surface area contributed by atoms with E-state index in [0.29, 0.717) is 12.4 Å². The number of hydrogen-bond acceptors (Lipinski definition) is 5. The first-order valence-electron chi connectivity index (χ1n) is 6.50. The number of unbranched alkanes of at least 4 members (excludes halogenated alkanes) is 1. The SMILES string of the molecule is CCCCc1noc(CN2CCC[C@H]2CO)n1. The number of nitrogens with zero attached hydrogens (tertiary/aromatic N) is 3. The molecule has 0 unspecified atom stereocenters. The fourth-order valence-electron chi connectivity index (χ4n) is 2.27. The summed E-state index contributed by atoms with van der Waals surface area (Å²) in [5, 5.41) is 13.2. The Bertz CT molecular complexity index is 340. The quantitative estimate of drug-likeness (QED) is 0.812. The van der Waals surface area contributed by atoms with Crippen molar-refractivity contribution in [2.45, 2.75) is 51.6 Å². The predicted octanol–water partition coefficient (Wildman–Crippen LogP) is 1.37. The first-order valence-corrected chi connectivity index (χ1v) is 6.50. The molecule has 0 amide bonds. The van der Waals surface area contributed by atoms with E-state index in [-0.39, 0.29) is 12.6 Å². The first kappa shape index (κ1) is 12.5. The third kappa shape index (κ3) is 3.26. The van der Waals surface area contributed by atoms with Gasteiger partial charge >= 0.3 is 0 Å². The number of likely N-dealkylation sites (tertiary alicyclic amines) is 1. The number of aryl methyl sites for hydroxylation is 1. The minimum Gasteiger partial charge on any atom is -0.395 e. The van der Waals surface area contributed by atoms with Gasteiger partial charge in [0, 0.05) is 12.5 Å². The molecule has 0 spiro atoms. The van der Waals surface area contributed by atoms with Crippen LogP contribution in [0.3, 0.4) is 0 Å². The van der Waals surface area contributed by atoms with Gasteiger partial charge in [0.15, 0.2) is 5.82 Å². The van der Waals surface area contributed by atoms with Crippen molar-refractivity contribution in [3.63, 3.8) is 0 Å². The lowest BCUT2D eigenvalue weighted by molar-refractivity contribution is 0.141. The standard InChI is InChI=1S/C12H21N3O2/c1-2-3-6-11-13-12(17-14-11)8-15-7-4-5-10(15)9-16/h10,16H,2-9H2,1H3/t10-/m0/s1. The zero-order valence-corrected chi connectivity index (χ0v) is 10.4. The fourth-order valence-corrected chi connectivity index (χ4v) is 2.27. The summed E-state index contributed by atoms with van der Waals surface area (Å²) < 4.78 is 5.23. The molecule has 1 N–H and O–H groups in total. The summed E-state index contributed by atoms with van der Waals surface area (Å²) in [4.78, 5) is 6.60. The topological polar surface area (TPSA) is 62.4 Å². The van der Waals surface area contributed by atoms with E-state index >= 15 is 0 Å². The van der Waals surface area contributed by atoms with E-state index in [1.165, 1.54) is 0 Å². The molecule has 0 bridgehead atoms. The molecule has 1 aliphatic rings. The largest absolute Gasteiger partial charge is 0.395 e. The molecule has 1 fully saturated rings. The number of aromatic nitrogens is 2. The monoisotopic (exact) mass is 239 g/mol. The lowest BCUT2D eigenvalue weighted by Crippen LogP contribution is -2.31. The maximum atomic E-state index is 9.23. The van der Waals surface area contributed by atoms with Gasteiger partial charge in [0.25, 0.3) is 0 Å². The van der Waals surface area contributed by atoms with Gasteiger partial charge in [-0.05, 0) is 25.8 Å². The Balaban J connectivity index is 1.87. The molecule has 1 saturated heterocycles. The molecule has 17 heavy (non-hydrogen) atoms. The van der Waals surface area contributed by atoms with Crippen molar-refractivity contribution in [3.05, 3.63) is 11.7 Å². The highest BCUT2D eigenvalue weighted by molar-refractivity contribution is 4.89. The summed E-state index contributed by atoms with van der Waals surface area (Å²) in [6.45, 7) is 4.05. The lowest BCUT2D eigenvalue weighted by atomic mass is 10.2. The van der Waals surface area contributed by atoms with Crippen molar-refractivity contribution in [1.29, 1.82) is 0 Å². The highest BCUT2D eigenvalue weighted by atomic mass is 16.5. The normalized spacial score (nSPS) is 21.2. The molecule has 2 rings (SSSR count). The minimum atomic E-state index is 0.219. The van der Waals surface area contributed by atoms with Gasteiger partial charge in [-0.1, -0.05) is 18.5 Å². The van der Waals surface area contributed by atoms with E-state index in [1.54, 1.807) is 0 Å². The Morgan fingerprint density at radius 3 is 3.18 bits per heavy atom. The molecule has 1 aromatic rings. The van der Waals surface area contributed by atoms with Crippen LogP contribution < -0.4 is 0 Å². The van der Waals surface area contributed by atoms with Gasteiger partial charge in [0.2, 0.25) is 5.89 Å². The summed E-state index contributed by atoms with van der Waals surface area (Å²) in [6.07, 6.45) is 5.34. The smallest absolute Gasteiger partial charge is 0.240 e. The van der Waals surface area contributed by atoms with Crippen molar-refractivity contribution in [2.24, 2.45) is 0 Å². The third-order valence-electron chi connectivity index (χ3n) is 3.31. The van der Waals surface area contributed by atoms with Crippen LogP contribution >= 0.6 is 0 Å². The Morgan fingerprint density at radius 1 is 1.53 bits per heavy atom. The van der Waals surface area contributed by atoms with E-state index in [1.807, 2.05) is 0 Å². The molecule has 0 saturated carbocycles. The molecule has 2 heterocycles. The van der Waals surface area contributed by atoms with Crippen LogP contribution in [0.2, 0.25) is 0 Å². The van der Waals surface area contributed by atoms with Gasteiger partial charge in [-0.15, -0.1) is 0 Å². The minimum absolute atomic E-state index is 0.219. The van der Waals surface area contributed by atoms with Crippen molar-refractivity contribution in [3.8, 4) is 0 Å². The van der Waals surface area contributed by atoms with Gasteiger partial charge in [-0.2, -0.15) is 4.98 Å². The second kappa shape index (κ2) is 6.12. The Kier molecular flexibility index (Phi) is 4.50. The van der Waals surface area contributed by atoms with Gasteiger partial charge in [0.05, 0.1) is 13.2 Å². The number of rotatable bonds is 6. The highest BCUT2D eigenvalue weighted by Crippen LogP contribution is 2.19. The Morgan fingerprint density at radius 2 is 2.41 bits per heavy atom. The van der Waals surface area contributed by atoms with Crippen LogP contribution in [-0.2, 0) is 13.0 Å². The average Bonchev–Trinajstić information content (AvgIpc) is 2.96. The van der Waals surface area contributed by atoms with Crippen LogP contribution in [0.15, 0.2) is 4.52 Å². The molecule has 0 radical (unpaired) electrons. The summed E-state index contributed by atoms with van der Waals surface area (Å²) >= 11 is 0. The van der Waals surface area contributed by atoms with E-state index in [0.717, 1.165) is 44.5 Å². The molecule has 0 aromatic carbocycles. The molecule has 96 valence electrons. The first-order chi connectivity index (χ1) is 8.33. The van der Waals surface area contributed by atoms with Crippen LogP contribution in [0, 0.1) is 0 Å². The second-order valence-electron chi connectivity index (χ2n) is 4.66. The molecular weight excluding hydrogens is 218 g/mol. The van der Waals surface area contributed by atoms with Gasteiger partial charge in [-0.3, -0.25) is 4.90 Å². The zero-order valence-electron chi connectivity index (χ0n) is 10.4. The third-order valence-corrected chi connectivity index (χ3v) is 3.31. The molecule has 1 aliphatic heterocycles. The van der Waals surface area contributed by atoms with Crippen LogP contribution in [0.1, 0.15) is 44.3 Å². The maximum absolute atomic E-state index is 9.23. The highest BCUT2D eigenvalue weighted by Gasteiger charge is 2.25. The lowest BCUT2D eigenvalue weighted by Gasteiger charge is -2.20. The fraction of sp³-hybridized carbons (Fsp3) is 0.833. The van der Waals surface area contributed by atoms with Crippen LogP contribution in [0.4, 0.5) is 0 Å². The average molecular weight is 239 g/mol. The summed E-state index contributed by atoms with van der Waals surface area (Å²) in [5.74, 6) is 1.48. The van der Waals surface area contributed by atoms with E-state index in [9.17, 15) is 5.11 Å². The van der Waals surface area contributed by atoms with Gasteiger partial charge in [-0.25, -0.2) is 0 Å². The van der Waals surface area contributed by atoms with E-state index in [2.05, 4.69) is 22.0 Å². The molecule has 5 nitrogen and oxygen atoms in total. The summed E-state index contributed by atoms with van der Waals surface area (Å²) in [6, 6.07) is 0.265. The molecule has 0 aliphatic carbocycles. The summed E-state index contributed by atoms with van der Waals surface area (Å²) in [5.41, 5.74) is 0.